The van der Waals surface area contributed by atoms with Crippen LogP contribution in [0.3, 0.4) is 0 Å². The number of ether oxygens (including phenoxy) is 1. The van der Waals surface area contributed by atoms with Gasteiger partial charge in [0.15, 0.2) is 0 Å². The smallest absolute Gasteiger partial charge is 0.338 e. The van der Waals surface area contributed by atoms with Gasteiger partial charge >= 0.3 is 11.9 Å². The predicted molar refractivity (Wildman–Crippen MR) is 86.0 cm³/mol. The second-order valence-corrected chi connectivity index (χ2v) is 4.81. The molecular formula is C17H13NO6. The van der Waals surface area contributed by atoms with E-state index in [1.807, 2.05) is 0 Å². The first kappa shape index (κ1) is 16.9. The Morgan fingerprint density at radius 2 is 1.75 bits per heavy atom. The summed E-state index contributed by atoms with van der Waals surface area (Å²) in [6.45, 7) is 3.83. The number of hydrogen-bond acceptors (Lipinski definition) is 5. The third-order valence-electron chi connectivity index (χ3n) is 3.42. The van der Waals surface area contributed by atoms with Crippen molar-refractivity contribution < 1.29 is 24.4 Å². The first-order chi connectivity index (χ1) is 11.4. The summed E-state index contributed by atoms with van der Waals surface area (Å²) in [6.07, 6.45) is 0. The lowest BCUT2D eigenvalue weighted by molar-refractivity contribution is -0.385. The number of nitro benzene ring substituents is 1. The predicted octanol–water partition coefficient (Wildman–Crippen LogP) is 3.14. The first-order valence-corrected chi connectivity index (χ1v) is 6.75. The molecule has 0 unspecified atom stereocenters. The van der Waals surface area contributed by atoms with Gasteiger partial charge in [0.2, 0.25) is 0 Å². The summed E-state index contributed by atoms with van der Waals surface area (Å²) in [6, 6.07) is 9.90. The maximum absolute atomic E-state index is 11.9. The lowest BCUT2D eigenvalue weighted by Gasteiger charge is -2.11. The van der Waals surface area contributed by atoms with Gasteiger partial charge in [0.05, 0.1) is 28.7 Å². The summed E-state index contributed by atoms with van der Waals surface area (Å²) in [5.74, 6) is -1.87. The minimum atomic E-state index is -1.27. The van der Waals surface area contributed by atoms with Gasteiger partial charge in [-0.1, -0.05) is 24.8 Å². The Morgan fingerprint density at radius 3 is 2.29 bits per heavy atom. The fraction of sp³-hybridized carbons (Fsp3) is 0.0588. The topological polar surface area (TPSA) is 107 Å². The zero-order valence-corrected chi connectivity index (χ0v) is 12.7. The van der Waals surface area contributed by atoms with Crippen LogP contribution < -0.4 is 0 Å². The van der Waals surface area contributed by atoms with Crippen LogP contribution in [0.4, 0.5) is 5.69 Å². The largest absolute Gasteiger partial charge is 0.478 e. The van der Waals surface area contributed by atoms with E-state index in [1.54, 1.807) is 18.2 Å². The molecule has 0 aliphatic carbocycles. The number of carbonyl (C=O) groups excluding carboxylic acids is 1. The molecule has 0 spiro atoms. The van der Waals surface area contributed by atoms with Gasteiger partial charge in [-0.05, 0) is 29.3 Å². The van der Waals surface area contributed by atoms with Crippen molar-refractivity contribution in [2.45, 2.75) is 0 Å². The van der Waals surface area contributed by atoms with Gasteiger partial charge in [0.25, 0.3) is 5.69 Å². The van der Waals surface area contributed by atoms with Crippen molar-refractivity contribution in [2.75, 3.05) is 7.11 Å². The Kier molecular flexibility index (Phi) is 4.74. The number of hydrogen-bond donors (Lipinski definition) is 1. The number of esters is 1. The second-order valence-electron chi connectivity index (χ2n) is 4.81. The van der Waals surface area contributed by atoms with Crippen molar-refractivity contribution >= 4 is 23.2 Å². The number of carbonyl (C=O) groups is 2. The summed E-state index contributed by atoms with van der Waals surface area (Å²) in [5.41, 5.74) is 0.317. The van der Waals surface area contributed by atoms with E-state index in [-0.39, 0.29) is 22.3 Å². The minimum absolute atomic E-state index is 0.126. The normalized spacial score (nSPS) is 10.0. The van der Waals surface area contributed by atoms with E-state index in [4.69, 9.17) is 9.84 Å². The molecule has 0 fully saturated rings. The van der Waals surface area contributed by atoms with Crippen molar-refractivity contribution in [2.24, 2.45) is 0 Å². The standard InChI is InChI=1S/C17H13NO6/c1-10(12-5-3-4-6-14(12)17(21)24-2)13-8-7-11(16(19)20)9-15(13)18(22)23/h3-9H,1H2,2H3,(H,19,20). The van der Waals surface area contributed by atoms with E-state index in [2.05, 4.69) is 6.58 Å². The molecule has 0 aliphatic heterocycles. The van der Waals surface area contributed by atoms with Gasteiger partial charge < -0.3 is 9.84 Å². The maximum Gasteiger partial charge on any atom is 0.338 e. The summed E-state index contributed by atoms with van der Waals surface area (Å²) < 4.78 is 4.70. The van der Waals surface area contributed by atoms with E-state index in [9.17, 15) is 19.7 Å². The lowest BCUT2D eigenvalue weighted by atomic mass is 9.93. The quantitative estimate of drug-likeness (QED) is 0.513. The van der Waals surface area contributed by atoms with Crippen LogP contribution >= 0.6 is 0 Å². The summed E-state index contributed by atoms with van der Waals surface area (Å²) >= 11 is 0. The fourth-order valence-corrected chi connectivity index (χ4v) is 2.25. The molecule has 0 atom stereocenters. The zero-order chi connectivity index (χ0) is 17.9. The van der Waals surface area contributed by atoms with Crippen LogP contribution in [0.1, 0.15) is 31.8 Å². The highest BCUT2D eigenvalue weighted by Gasteiger charge is 2.22. The molecule has 7 nitrogen and oxygen atoms in total. The number of nitrogens with zero attached hydrogens (tertiary/aromatic N) is 1. The molecule has 7 heteroatoms. The lowest BCUT2D eigenvalue weighted by Crippen LogP contribution is -2.06. The Hall–Kier alpha value is -3.48. The highest BCUT2D eigenvalue weighted by Crippen LogP contribution is 2.32. The van der Waals surface area contributed by atoms with Crippen LogP contribution in [-0.2, 0) is 4.74 Å². The average molecular weight is 327 g/mol. The van der Waals surface area contributed by atoms with Gasteiger partial charge in [-0.15, -0.1) is 0 Å². The number of benzene rings is 2. The third-order valence-corrected chi connectivity index (χ3v) is 3.42. The fourth-order valence-electron chi connectivity index (χ4n) is 2.25. The molecule has 0 radical (unpaired) electrons. The molecule has 0 saturated heterocycles. The molecule has 2 aromatic rings. The van der Waals surface area contributed by atoms with Crippen LogP contribution in [0.5, 0.6) is 0 Å². The molecule has 0 heterocycles. The Labute approximate surface area is 137 Å². The zero-order valence-electron chi connectivity index (χ0n) is 12.7. The Bertz CT molecular complexity index is 856. The summed E-state index contributed by atoms with van der Waals surface area (Å²) in [5, 5.41) is 20.3. The Morgan fingerprint density at radius 1 is 1.12 bits per heavy atom. The van der Waals surface area contributed by atoms with E-state index in [0.717, 1.165) is 6.07 Å². The van der Waals surface area contributed by atoms with Crippen molar-refractivity contribution in [1.82, 2.24) is 0 Å². The number of aromatic carboxylic acids is 1. The van der Waals surface area contributed by atoms with Crippen LogP contribution in [0.25, 0.3) is 5.57 Å². The van der Waals surface area contributed by atoms with E-state index < -0.39 is 22.5 Å². The molecule has 1 N–H and O–H groups in total. The van der Waals surface area contributed by atoms with Crippen molar-refractivity contribution in [3.8, 4) is 0 Å². The molecule has 2 aromatic carbocycles. The summed E-state index contributed by atoms with van der Waals surface area (Å²) in [7, 11) is 1.23. The monoisotopic (exact) mass is 327 g/mol. The molecule has 0 amide bonds. The first-order valence-electron chi connectivity index (χ1n) is 6.75. The van der Waals surface area contributed by atoms with Gasteiger partial charge in [0.1, 0.15) is 0 Å². The van der Waals surface area contributed by atoms with Crippen LogP contribution in [0.2, 0.25) is 0 Å². The molecule has 122 valence electrons. The van der Waals surface area contributed by atoms with Crippen molar-refractivity contribution in [3.05, 3.63) is 81.4 Å². The summed E-state index contributed by atoms with van der Waals surface area (Å²) in [4.78, 5) is 33.5. The SMILES string of the molecule is C=C(c1ccccc1C(=O)OC)c1ccc(C(=O)O)cc1[N+](=O)[O-]. The van der Waals surface area contributed by atoms with Crippen LogP contribution in [0, 0.1) is 10.1 Å². The highest BCUT2D eigenvalue weighted by molar-refractivity contribution is 5.99. The molecule has 24 heavy (non-hydrogen) atoms. The number of rotatable bonds is 5. The highest BCUT2D eigenvalue weighted by atomic mass is 16.6. The van der Waals surface area contributed by atoms with Crippen LogP contribution in [-0.4, -0.2) is 29.1 Å². The molecule has 2 rings (SSSR count). The van der Waals surface area contributed by atoms with Crippen molar-refractivity contribution in [3.63, 3.8) is 0 Å². The van der Waals surface area contributed by atoms with Gasteiger partial charge in [-0.25, -0.2) is 9.59 Å². The number of carboxylic acids is 1. The van der Waals surface area contributed by atoms with E-state index >= 15 is 0 Å². The number of methoxy groups -OCH3 is 1. The van der Waals surface area contributed by atoms with E-state index in [1.165, 1.54) is 25.3 Å². The maximum atomic E-state index is 11.9. The third kappa shape index (κ3) is 3.14. The Balaban J connectivity index is 2.61. The molecular weight excluding hydrogens is 314 g/mol. The average Bonchev–Trinajstić information content (AvgIpc) is 2.59. The minimum Gasteiger partial charge on any atom is -0.478 e. The number of carboxylic acid groups (broad SMARTS) is 1. The van der Waals surface area contributed by atoms with Gasteiger partial charge in [-0.3, -0.25) is 10.1 Å². The van der Waals surface area contributed by atoms with Gasteiger partial charge in [-0.2, -0.15) is 0 Å². The van der Waals surface area contributed by atoms with Crippen LogP contribution in [0.15, 0.2) is 49.0 Å². The molecule has 0 aliphatic rings. The molecule has 0 saturated carbocycles. The molecule has 0 bridgehead atoms. The van der Waals surface area contributed by atoms with Gasteiger partial charge in [0, 0.05) is 6.07 Å². The van der Waals surface area contributed by atoms with Crippen molar-refractivity contribution in [1.29, 1.82) is 0 Å². The number of nitro groups is 1. The molecule has 0 aromatic heterocycles. The van der Waals surface area contributed by atoms with E-state index in [0.29, 0.717) is 5.56 Å². The second kappa shape index (κ2) is 6.74.